The van der Waals surface area contributed by atoms with Crippen LogP contribution < -0.4 is 5.32 Å². The lowest BCUT2D eigenvalue weighted by atomic mass is 9.98. The van der Waals surface area contributed by atoms with Crippen LogP contribution in [0.25, 0.3) is 0 Å². The molecule has 0 aliphatic rings. The molecule has 1 amide bonds. The molecule has 6 heteroatoms. The van der Waals surface area contributed by atoms with Crippen LogP contribution in [0.15, 0.2) is 12.7 Å². The monoisotopic (exact) mass is 307 g/mol. The van der Waals surface area contributed by atoms with E-state index < -0.39 is 12.0 Å². The van der Waals surface area contributed by atoms with Gasteiger partial charge < -0.3 is 10.4 Å². The summed E-state index contributed by atoms with van der Waals surface area (Å²) < 4.78 is 1.79. The van der Waals surface area contributed by atoms with Gasteiger partial charge in [-0.1, -0.05) is 13.0 Å². The minimum Gasteiger partial charge on any atom is -0.480 e. The van der Waals surface area contributed by atoms with E-state index in [9.17, 15) is 9.59 Å². The summed E-state index contributed by atoms with van der Waals surface area (Å²) in [5.74, 6) is -1.58. The van der Waals surface area contributed by atoms with Gasteiger partial charge in [0, 0.05) is 18.7 Å². The summed E-state index contributed by atoms with van der Waals surface area (Å²) in [5.41, 5.74) is 2.97. The number of allylic oxidation sites excluding steroid dienone is 1. The normalized spacial score (nSPS) is 13.5. The number of carbonyl (C=O) groups excluding carboxylic acids is 1. The lowest BCUT2D eigenvalue weighted by Gasteiger charge is -2.17. The Morgan fingerprint density at radius 1 is 1.45 bits per heavy atom. The Balaban J connectivity index is 2.71. The highest BCUT2D eigenvalue weighted by molar-refractivity contribution is 5.84. The molecular formula is C16H25N3O3. The number of hydrogen-bond acceptors (Lipinski definition) is 3. The number of nitrogens with zero attached hydrogens (tertiary/aromatic N) is 2. The molecule has 0 saturated heterocycles. The Bertz CT molecular complexity index is 563. The van der Waals surface area contributed by atoms with Gasteiger partial charge in [-0.2, -0.15) is 5.10 Å². The van der Waals surface area contributed by atoms with Crippen LogP contribution >= 0.6 is 0 Å². The Morgan fingerprint density at radius 3 is 2.55 bits per heavy atom. The number of nitrogens with one attached hydrogen (secondary N) is 1. The number of amides is 1. The maximum atomic E-state index is 12.2. The number of carboxylic acid groups (broad SMARTS) is 1. The second kappa shape index (κ2) is 7.77. The van der Waals surface area contributed by atoms with Crippen molar-refractivity contribution in [2.75, 3.05) is 0 Å². The van der Waals surface area contributed by atoms with E-state index in [0.29, 0.717) is 19.3 Å². The number of carbonyl (C=O) groups is 2. The van der Waals surface area contributed by atoms with E-state index in [1.54, 1.807) is 17.7 Å². The number of rotatable bonds is 8. The average Bonchev–Trinajstić information content (AvgIpc) is 2.69. The maximum Gasteiger partial charge on any atom is 0.326 e. The molecule has 1 aromatic heterocycles. The molecule has 2 atom stereocenters. The van der Waals surface area contributed by atoms with Crippen molar-refractivity contribution >= 4 is 11.9 Å². The number of hydrogen-bond donors (Lipinski definition) is 2. The average molecular weight is 307 g/mol. The van der Waals surface area contributed by atoms with Gasteiger partial charge in [-0.15, -0.1) is 6.58 Å². The van der Waals surface area contributed by atoms with E-state index in [-0.39, 0.29) is 11.8 Å². The first-order valence-electron chi connectivity index (χ1n) is 7.41. The summed E-state index contributed by atoms with van der Waals surface area (Å²) in [6.45, 7) is 9.24. The third kappa shape index (κ3) is 4.44. The highest BCUT2D eigenvalue weighted by Gasteiger charge is 2.24. The summed E-state index contributed by atoms with van der Waals surface area (Å²) in [5, 5.41) is 16.1. The van der Waals surface area contributed by atoms with Crippen LogP contribution in [0.1, 0.15) is 36.7 Å². The van der Waals surface area contributed by atoms with Crippen molar-refractivity contribution < 1.29 is 14.7 Å². The first-order valence-corrected chi connectivity index (χ1v) is 7.41. The van der Waals surface area contributed by atoms with Gasteiger partial charge in [0.05, 0.1) is 5.69 Å². The van der Waals surface area contributed by atoms with Gasteiger partial charge in [0.2, 0.25) is 5.91 Å². The Morgan fingerprint density at radius 2 is 2.09 bits per heavy atom. The smallest absolute Gasteiger partial charge is 0.326 e. The molecule has 0 fully saturated rings. The van der Waals surface area contributed by atoms with Crippen LogP contribution in [0.4, 0.5) is 0 Å². The third-order valence-corrected chi connectivity index (χ3v) is 3.89. The van der Waals surface area contributed by atoms with Crippen LogP contribution in [0.5, 0.6) is 0 Å². The molecule has 0 radical (unpaired) electrons. The molecule has 0 bridgehead atoms. The molecule has 122 valence electrons. The topological polar surface area (TPSA) is 84.2 Å². The van der Waals surface area contributed by atoms with Gasteiger partial charge in [0.15, 0.2) is 0 Å². The lowest BCUT2D eigenvalue weighted by molar-refractivity contribution is -0.142. The summed E-state index contributed by atoms with van der Waals surface area (Å²) in [6.07, 6.45) is 3.09. The van der Waals surface area contributed by atoms with Crippen LogP contribution in [0.3, 0.4) is 0 Å². The van der Waals surface area contributed by atoms with Crippen molar-refractivity contribution in [3.05, 3.63) is 29.6 Å². The van der Waals surface area contributed by atoms with Gasteiger partial charge in [-0.05, 0) is 38.7 Å². The van der Waals surface area contributed by atoms with E-state index in [1.807, 2.05) is 20.9 Å². The Kier molecular flexibility index (Phi) is 6.34. The van der Waals surface area contributed by atoms with Crippen molar-refractivity contribution in [1.29, 1.82) is 0 Å². The second-order valence-corrected chi connectivity index (χ2v) is 5.64. The SMILES string of the molecule is C=CCCC(NC(=O)C(C)Cc1c(C)nn(C)c1C)C(=O)O. The highest BCUT2D eigenvalue weighted by Crippen LogP contribution is 2.17. The van der Waals surface area contributed by atoms with Gasteiger partial charge in [0.25, 0.3) is 0 Å². The van der Waals surface area contributed by atoms with Gasteiger partial charge in [-0.3, -0.25) is 9.48 Å². The molecule has 1 heterocycles. The third-order valence-electron chi connectivity index (χ3n) is 3.89. The van der Waals surface area contributed by atoms with Gasteiger partial charge >= 0.3 is 5.97 Å². The second-order valence-electron chi connectivity index (χ2n) is 5.64. The van der Waals surface area contributed by atoms with Crippen molar-refractivity contribution in [3.63, 3.8) is 0 Å². The van der Waals surface area contributed by atoms with Gasteiger partial charge in [-0.25, -0.2) is 4.79 Å². The number of carboxylic acids is 1. The molecular weight excluding hydrogens is 282 g/mol. The molecule has 0 aliphatic carbocycles. The number of aryl methyl sites for hydroxylation is 2. The van der Waals surface area contributed by atoms with Crippen LogP contribution in [0, 0.1) is 19.8 Å². The molecule has 1 aromatic rings. The minimum absolute atomic E-state index is 0.251. The van der Waals surface area contributed by atoms with Crippen molar-refractivity contribution in [2.45, 2.75) is 46.1 Å². The van der Waals surface area contributed by atoms with Crippen LogP contribution in [-0.2, 0) is 23.1 Å². The quantitative estimate of drug-likeness (QED) is 0.717. The summed E-state index contributed by atoms with van der Waals surface area (Å²) >= 11 is 0. The first kappa shape index (κ1) is 17.9. The molecule has 22 heavy (non-hydrogen) atoms. The summed E-state index contributed by atoms with van der Waals surface area (Å²) in [4.78, 5) is 23.4. The van der Waals surface area contributed by atoms with Crippen molar-refractivity contribution in [2.24, 2.45) is 13.0 Å². The van der Waals surface area contributed by atoms with E-state index >= 15 is 0 Å². The van der Waals surface area contributed by atoms with Gasteiger partial charge in [0.1, 0.15) is 6.04 Å². The standard InChI is InChI=1S/C16H25N3O3/c1-6-7-8-14(16(21)22)17-15(20)10(2)9-13-11(3)18-19(5)12(13)4/h6,10,14H,1,7-9H2,2-5H3,(H,17,20)(H,21,22). The Hall–Kier alpha value is -2.11. The van der Waals surface area contributed by atoms with Crippen molar-refractivity contribution in [1.82, 2.24) is 15.1 Å². The molecule has 6 nitrogen and oxygen atoms in total. The predicted molar refractivity (Wildman–Crippen MR) is 84.5 cm³/mol. The largest absolute Gasteiger partial charge is 0.480 e. The Labute approximate surface area is 131 Å². The van der Waals surface area contributed by atoms with E-state index in [2.05, 4.69) is 17.0 Å². The zero-order valence-corrected chi connectivity index (χ0v) is 13.7. The maximum absolute atomic E-state index is 12.2. The van der Waals surface area contributed by atoms with E-state index in [1.165, 1.54) is 0 Å². The van der Waals surface area contributed by atoms with E-state index in [0.717, 1.165) is 17.0 Å². The molecule has 0 saturated carbocycles. The van der Waals surface area contributed by atoms with Crippen LogP contribution in [0.2, 0.25) is 0 Å². The zero-order valence-electron chi connectivity index (χ0n) is 13.7. The zero-order chi connectivity index (χ0) is 16.9. The lowest BCUT2D eigenvalue weighted by Crippen LogP contribution is -2.43. The molecule has 2 N–H and O–H groups in total. The van der Waals surface area contributed by atoms with E-state index in [4.69, 9.17) is 5.11 Å². The fourth-order valence-electron chi connectivity index (χ4n) is 2.37. The molecule has 2 unspecified atom stereocenters. The first-order chi connectivity index (χ1) is 10.3. The fraction of sp³-hybridized carbons (Fsp3) is 0.562. The predicted octanol–water partition coefficient (Wildman–Crippen LogP) is 1.75. The molecule has 0 aromatic carbocycles. The fourth-order valence-corrected chi connectivity index (χ4v) is 2.37. The minimum atomic E-state index is -1.02. The molecule has 0 spiro atoms. The number of aliphatic carboxylic acids is 1. The van der Waals surface area contributed by atoms with Crippen molar-refractivity contribution in [3.8, 4) is 0 Å². The molecule has 1 rings (SSSR count). The summed E-state index contributed by atoms with van der Waals surface area (Å²) in [7, 11) is 1.87. The highest BCUT2D eigenvalue weighted by atomic mass is 16.4. The summed E-state index contributed by atoms with van der Waals surface area (Å²) in [6, 6.07) is -0.871. The molecule has 0 aliphatic heterocycles. The number of aromatic nitrogens is 2. The van der Waals surface area contributed by atoms with Crippen LogP contribution in [-0.4, -0.2) is 32.8 Å².